The highest BCUT2D eigenvalue weighted by Gasteiger charge is 2.27. The minimum Gasteiger partial charge on any atom is -0.497 e. The van der Waals surface area contributed by atoms with Crippen LogP contribution in [0.1, 0.15) is 16.8 Å². The van der Waals surface area contributed by atoms with Crippen LogP contribution in [0.25, 0.3) is 0 Å². The number of nitrogens with zero attached hydrogens (tertiary/aromatic N) is 1. The van der Waals surface area contributed by atoms with Crippen molar-refractivity contribution in [2.45, 2.75) is 12.5 Å². The molecule has 5 heteroatoms. The fourth-order valence-corrected chi connectivity index (χ4v) is 2.08. The van der Waals surface area contributed by atoms with Crippen molar-refractivity contribution in [2.24, 2.45) is 0 Å². The first kappa shape index (κ1) is 12.7. The van der Waals surface area contributed by atoms with Crippen molar-refractivity contribution in [1.82, 2.24) is 4.90 Å². The molecule has 1 fully saturated rings. The van der Waals surface area contributed by atoms with Crippen LogP contribution in [0.5, 0.6) is 11.5 Å². The van der Waals surface area contributed by atoms with Crippen molar-refractivity contribution >= 4 is 5.91 Å². The van der Waals surface area contributed by atoms with Crippen LogP contribution in [0.4, 0.5) is 0 Å². The number of aliphatic hydroxyl groups excluding tert-OH is 1. The van der Waals surface area contributed by atoms with E-state index in [0.717, 1.165) is 0 Å². The summed E-state index contributed by atoms with van der Waals surface area (Å²) in [5.41, 5.74) is 0.464. The SMILES string of the molecule is COc1ccc(OC)c(C(=O)N2CC[C@@H](O)C2)c1. The van der Waals surface area contributed by atoms with Gasteiger partial charge in [0.05, 0.1) is 25.9 Å². The Morgan fingerprint density at radius 1 is 1.39 bits per heavy atom. The third-order valence-electron chi connectivity index (χ3n) is 3.09. The number of carbonyl (C=O) groups is 1. The topological polar surface area (TPSA) is 59.0 Å². The summed E-state index contributed by atoms with van der Waals surface area (Å²) >= 11 is 0. The van der Waals surface area contributed by atoms with E-state index < -0.39 is 6.10 Å². The Morgan fingerprint density at radius 3 is 2.72 bits per heavy atom. The molecule has 18 heavy (non-hydrogen) atoms. The maximum Gasteiger partial charge on any atom is 0.257 e. The molecular formula is C13H17NO4. The van der Waals surface area contributed by atoms with E-state index in [9.17, 15) is 9.90 Å². The highest BCUT2D eigenvalue weighted by molar-refractivity contribution is 5.97. The second kappa shape index (κ2) is 5.27. The standard InChI is InChI=1S/C13H17NO4/c1-17-10-3-4-12(18-2)11(7-10)13(16)14-6-5-9(15)8-14/h3-4,7,9,15H,5-6,8H2,1-2H3/t9-/m1/s1. The van der Waals surface area contributed by atoms with E-state index in [0.29, 0.717) is 36.6 Å². The summed E-state index contributed by atoms with van der Waals surface area (Å²) < 4.78 is 10.3. The second-order valence-corrected chi connectivity index (χ2v) is 4.26. The van der Waals surface area contributed by atoms with Crippen LogP contribution >= 0.6 is 0 Å². The van der Waals surface area contributed by atoms with Crippen molar-refractivity contribution in [3.05, 3.63) is 23.8 Å². The molecule has 1 aromatic carbocycles. The molecule has 2 rings (SSSR count). The molecule has 1 aliphatic heterocycles. The van der Waals surface area contributed by atoms with Gasteiger partial charge in [-0.15, -0.1) is 0 Å². The summed E-state index contributed by atoms with van der Waals surface area (Å²) in [7, 11) is 3.08. The normalized spacial score (nSPS) is 18.8. The molecule has 1 aliphatic rings. The largest absolute Gasteiger partial charge is 0.497 e. The zero-order valence-corrected chi connectivity index (χ0v) is 10.5. The lowest BCUT2D eigenvalue weighted by Crippen LogP contribution is -2.29. The van der Waals surface area contributed by atoms with Crippen LogP contribution in [0.2, 0.25) is 0 Å². The number of methoxy groups -OCH3 is 2. The van der Waals surface area contributed by atoms with Gasteiger partial charge in [-0.25, -0.2) is 0 Å². The van der Waals surface area contributed by atoms with Crippen molar-refractivity contribution < 1.29 is 19.4 Å². The summed E-state index contributed by atoms with van der Waals surface area (Å²) in [5.74, 6) is 0.989. The summed E-state index contributed by atoms with van der Waals surface area (Å²) in [4.78, 5) is 13.9. The zero-order chi connectivity index (χ0) is 13.1. The van der Waals surface area contributed by atoms with Gasteiger partial charge in [0.25, 0.3) is 5.91 Å². The van der Waals surface area contributed by atoms with Crippen LogP contribution in [-0.2, 0) is 0 Å². The van der Waals surface area contributed by atoms with Gasteiger partial charge in [-0.05, 0) is 24.6 Å². The smallest absolute Gasteiger partial charge is 0.257 e. The first-order valence-electron chi connectivity index (χ1n) is 5.85. The van der Waals surface area contributed by atoms with E-state index in [4.69, 9.17) is 9.47 Å². The summed E-state index contributed by atoms with van der Waals surface area (Å²) in [6.07, 6.45) is 0.198. The number of aliphatic hydroxyl groups is 1. The molecule has 0 unspecified atom stereocenters. The lowest BCUT2D eigenvalue weighted by molar-refractivity contribution is 0.0761. The predicted octanol–water partition coefficient (Wildman–Crippen LogP) is 0.911. The van der Waals surface area contributed by atoms with Crippen LogP contribution in [0.3, 0.4) is 0 Å². The summed E-state index contributed by atoms with van der Waals surface area (Å²) in [6, 6.07) is 5.11. The van der Waals surface area contributed by atoms with Gasteiger partial charge in [0.15, 0.2) is 0 Å². The van der Waals surface area contributed by atoms with Crippen LogP contribution < -0.4 is 9.47 Å². The van der Waals surface area contributed by atoms with Gasteiger partial charge in [-0.3, -0.25) is 4.79 Å². The highest BCUT2D eigenvalue weighted by atomic mass is 16.5. The Kier molecular flexibility index (Phi) is 3.72. The summed E-state index contributed by atoms with van der Waals surface area (Å²) in [6.45, 7) is 0.944. The van der Waals surface area contributed by atoms with Gasteiger partial charge < -0.3 is 19.5 Å². The Labute approximate surface area is 106 Å². The molecule has 1 atom stereocenters. The number of hydrogen-bond donors (Lipinski definition) is 1. The molecule has 1 heterocycles. The molecule has 0 aliphatic carbocycles. The number of amides is 1. The van der Waals surface area contributed by atoms with Crippen molar-refractivity contribution in [3.8, 4) is 11.5 Å². The highest BCUT2D eigenvalue weighted by Crippen LogP contribution is 2.26. The lowest BCUT2D eigenvalue weighted by Gasteiger charge is -2.17. The molecule has 0 saturated carbocycles. The fourth-order valence-electron chi connectivity index (χ4n) is 2.08. The molecule has 0 bridgehead atoms. The molecule has 1 amide bonds. The quantitative estimate of drug-likeness (QED) is 0.867. The van der Waals surface area contributed by atoms with Crippen LogP contribution in [0.15, 0.2) is 18.2 Å². The summed E-state index contributed by atoms with van der Waals surface area (Å²) in [5, 5.41) is 9.47. The van der Waals surface area contributed by atoms with E-state index in [1.807, 2.05) is 0 Å². The van der Waals surface area contributed by atoms with Crippen LogP contribution in [-0.4, -0.2) is 49.3 Å². The molecule has 1 aromatic rings. The van der Waals surface area contributed by atoms with Gasteiger partial charge in [0, 0.05) is 13.1 Å². The van der Waals surface area contributed by atoms with E-state index in [1.54, 1.807) is 30.2 Å². The average molecular weight is 251 g/mol. The van der Waals surface area contributed by atoms with Crippen molar-refractivity contribution in [2.75, 3.05) is 27.3 Å². The molecular weight excluding hydrogens is 234 g/mol. The predicted molar refractivity (Wildman–Crippen MR) is 66.1 cm³/mol. The van der Waals surface area contributed by atoms with Crippen molar-refractivity contribution in [3.63, 3.8) is 0 Å². The monoisotopic (exact) mass is 251 g/mol. The van der Waals surface area contributed by atoms with Gasteiger partial charge >= 0.3 is 0 Å². The van der Waals surface area contributed by atoms with Gasteiger partial charge in [-0.1, -0.05) is 0 Å². The van der Waals surface area contributed by atoms with Gasteiger partial charge in [0.1, 0.15) is 11.5 Å². The zero-order valence-electron chi connectivity index (χ0n) is 10.5. The van der Waals surface area contributed by atoms with E-state index in [-0.39, 0.29) is 5.91 Å². The first-order chi connectivity index (χ1) is 8.65. The third-order valence-corrected chi connectivity index (χ3v) is 3.09. The number of ether oxygens (including phenoxy) is 2. The first-order valence-corrected chi connectivity index (χ1v) is 5.85. The number of hydrogen-bond acceptors (Lipinski definition) is 4. The maximum atomic E-state index is 12.3. The third kappa shape index (κ3) is 2.41. The number of benzene rings is 1. The lowest BCUT2D eigenvalue weighted by atomic mass is 10.1. The van der Waals surface area contributed by atoms with Gasteiger partial charge in [-0.2, -0.15) is 0 Å². The molecule has 0 aromatic heterocycles. The average Bonchev–Trinajstić information content (AvgIpc) is 2.83. The fraction of sp³-hybridized carbons (Fsp3) is 0.462. The molecule has 1 N–H and O–H groups in total. The Bertz CT molecular complexity index is 447. The minimum atomic E-state index is -0.425. The Morgan fingerprint density at radius 2 is 2.17 bits per heavy atom. The van der Waals surface area contributed by atoms with Gasteiger partial charge in [0.2, 0.25) is 0 Å². The Hall–Kier alpha value is -1.75. The number of carbonyl (C=O) groups excluding carboxylic acids is 1. The molecule has 98 valence electrons. The van der Waals surface area contributed by atoms with Crippen LogP contribution in [0, 0.1) is 0 Å². The maximum absolute atomic E-state index is 12.3. The number of β-amino-alcohol motifs (C(OH)–C–C–N with tert-alkyl or cyclic N) is 1. The number of likely N-dealkylation sites (tertiary alicyclic amines) is 1. The van der Waals surface area contributed by atoms with E-state index >= 15 is 0 Å². The van der Waals surface area contributed by atoms with Crippen molar-refractivity contribution in [1.29, 1.82) is 0 Å². The number of rotatable bonds is 3. The minimum absolute atomic E-state index is 0.137. The molecule has 0 spiro atoms. The molecule has 0 radical (unpaired) electrons. The second-order valence-electron chi connectivity index (χ2n) is 4.26. The molecule has 5 nitrogen and oxygen atoms in total. The molecule has 1 saturated heterocycles. The van der Waals surface area contributed by atoms with E-state index in [1.165, 1.54) is 7.11 Å². The Balaban J connectivity index is 2.27. The van der Waals surface area contributed by atoms with E-state index in [2.05, 4.69) is 0 Å².